The molecule has 29 heavy (non-hydrogen) atoms. The van der Waals surface area contributed by atoms with Gasteiger partial charge in [0.05, 0.1) is 19.3 Å². The molecule has 154 valence electrons. The second kappa shape index (κ2) is 7.87. The fraction of sp³-hybridized carbons (Fsp3) is 0.476. The van der Waals surface area contributed by atoms with Crippen molar-refractivity contribution in [3.63, 3.8) is 0 Å². The van der Waals surface area contributed by atoms with Gasteiger partial charge in [0.1, 0.15) is 5.75 Å². The number of methoxy groups -OCH3 is 1. The van der Waals surface area contributed by atoms with Gasteiger partial charge in [-0.25, -0.2) is 0 Å². The quantitative estimate of drug-likeness (QED) is 0.663. The van der Waals surface area contributed by atoms with Crippen LogP contribution in [0.5, 0.6) is 5.75 Å². The van der Waals surface area contributed by atoms with Gasteiger partial charge in [-0.15, -0.1) is 0 Å². The molecule has 3 N–H and O–H groups in total. The number of hydrogen-bond donors (Lipinski definition) is 2. The molecule has 3 aromatic rings. The average Bonchev–Trinajstić information content (AvgIpc) is 3.34. The molecule has 0 bridgehead atoms. The maximum Gasteiger partial charge on any atom is 0.230 e. The highest BCUT2D eigenvalue weighted by molar-refractivity contribution is 5.57. The number of nitrogens with zero attached hydrogens (tertiary/aromatic N) is 5. The summed E-state index contributed by atoms with van der Waals surface area (Å²) in [7, 11) is 1.68. The third kappa shape index (κ3) is 3.85. The molecule has 1 aliphatic heterocycles. The highest BCUT2D eigenvalue weighted by atomic mass is 16.5. The second-order valence-electron chi connectivity index (χ2n) is 7.97. The first-order valence-corrected chi connectivity index (χ1v) is 10.1. The van der Waals surface area contributed by atoms with E-state index in [0.29, 0.717) is 17.8 Å². The van der Waals surface area contributed by atoms with Crippen molar-refractivity contribution >= 4 is 17.5 Å². The number of nitrogens with one attached hydrogen (secondary N) is 1. The van der Waals surface area contributed by atoms with Crippen LogP contribution in [-0.2, 0) is 0 Å². The average molecular weight is 396 g/mol. The lowest BCUT2D eigenvalue weighted by atomic mass is 10.1. The first kappa shape index (κ1) is 19.4. The van der Waals surface area contributed by atoms with Crippen molar-refractivity contribution < 1.29 is 4.74 Å². The monoisotopic (exact) mass is 395 g/mol. The van der Waals surface area contributed by atoms with Crippen molar-refractivity contribution in [1.82, 2.24) is 19.6 Å². The van der Waals surface area contributed by atoms with Crippen LogP contribution in [0, 0.1) is 0 Å². The lowest BCUT2D eigenvalue weighted by molar-refractivity contribution is 0.414. The normalized spacial score (nSPS) is 17.9. The molecule has 0 aliphatic carbocycles. The summed E-state index contributed by atoms with van der Waals surface area (Å²) >= 11 is 0. The largest absolute Gasteiger partial charge is 0.497 e. The highest BCUT2D eigenvalue weighted by Crippen LogP contribution is 2.27. The molecule has 0 saturated carbocycles. The molecule has 3 heterocycles. The molecule has 4 rings (SSSR count). The summed E-state index contributed by atoms with van der Waals surface area (Å²) in [6, 6.07) is 8.21. The maximum atomic E-state index is 6.11. The van der Waals surface area contributed by atoms with Crippen molar-refractivity contribution in [2.45, 2.75) is 45.2 Å². The fourth-order valence-corrected chi connectivity index (χ4v) is 3.68. The molecule has 0 radical (unpaired) electrons. The first-order valence-electron chi connectivity index (χ1n) is 10.1. The van der Waals surface area contributed by atoms with Gasteiger partial charge in [-0.1, -0.05) is 26.0 Å². The lowest BCUT2D eigenvalue weighted by Gasteiger charge is -2.20. The van der Waals surface area contributed by atoms with Gasteiger partial charge in [-0.05, 0) is 37.0 Å². The van der Waals surface area contributed by atoms with Crippen molar-refractivity contribution in [2.24, 2.45) is 5.73 Å². The highest BCUT2D eigenvalue weighted by Gasteiger charge is 2.24. The number of fused-ring (bicyclic) bond motifs is 1. The van der Waals surface area contributed by atoms with E-state index >= 15 is 0 Å². The van der Waals surface area contributed by atoms with E-state index in [1.807, 2.05) is 24.4 Å². The number of ether oxygens (including phenoxy) is 1. The van der Waals surface area contributed by atoms with Gasteiger partial charge >= 0.3 is 0 Å². The maximum absolute atomic E-state index is 6.11. The molecule has 1 aromatic carbocycles. The molecular formula is C21H29N7O. The molecule has 2 atom stereocenters. The summed E-state index contributed by atoms with van der Waals surface area (Å²) in [5.74, 6) is 2.53. The fourth-order valence-electron chi connectivity index (χ4n) is 3.68. The van der Waals surface area contributed by atoms with Gasteiger partial charge in [0, 0.05) is 24.7 Å². The minimum Gasteiger partial charge on any atom is -0.497 e. The molecule has 1 unspecified atom stereocenters. The van der Waals surface area contributed by atoms with E-state index in [9.17, 15) is 0 Å². The van der Waals surface area contributed by atoms with Crippen LogP contribution in [0.3, 0.4) is 0 Å². The van der Waals surface area contributed by atoms with E-state index in [0.717, 1.165) is 42.0 Å². The molecule has 0 amide bonds. The van der Waals surface area contributed by atoms with Crippen molar-refractivity contribution in [1.29, 1.82) is 0 Å². The minimum atomic E-state index is 0.0172. The van der Waals surface area contributed by atoms with Crippen LogP contribution in [0.15, 0.2) is 30.5 Å². The van der Waals surface area contributed by atoms with Gasteiger partial charge in [0.25, 0.3) is 0 Å². The zero-order valence-electron chi connectivity index (χ0n) is 17.5. The summed E-state index contributed by atoms with van der Waals surface area (Å²) < 4.78 is 7.16. The lowest BCUT2D eigenvalue weighted by Crippen LogP contribution is -2.28. The molecule has 8 heteroatoms. The van der Waals surface area contributed by atoms with Crippen molar-refractivity contribution in [3.8, 4) is 5.75 Å². The second-order valence-corrected chi connectivity index (χ2v) is 7.97. The Bertz CT molecular complexity index is 1000. The Morgan fingerprint density at radius 1 is 1.24 bits per heavy atom. The summed E-state index contributed by atoms with van der Waals surface area (Å²) in [6.07, 6.45) is 2.84. The van der Waals surface area contributed by atoms with Crippen molar-refractivity contribution in [3.05, 3.63) is 41.6 Å². The third-order valence-electron chi connectivity index (χ3n) is 5.45. The van der Waals surface area contributed by atoms with Crippen LogP contribution in [0.1, 0.15) is 50.3 Å². The Kier molecular flexibility index (Phi) is 5.27. The topological polar surface area (TPSA) is 93.6 Å². The number of anilines is 2. The van der Waals surface area contributed by atoms with Gasteiger partial charge in [0.2, 0.25) is 11.9 Å². The standard InChI is InChI=1S/C21H29N7O/c1-13(2)18-11-23-28-19(18)25-20(27-9-8-16(22)12-27)26-21(28)24-14(3)15-6-5-7-17(10-15)29-4/h5-7,10-11,13-14,16H,8-9,12,22H2,1-4H3,(H,24,25,26)/t14-,16?/m0/s1. The van der Waals surface area contributed by atoms with Gasteiger partial charge in [-0.2, -0.15) is 19.6 Å². The van der Waals surface area contributed by atoms with E-state index < -0.39 is 0 Å². The summed E-state index contributed by atoms with van der Waals surface area (Å²) in [6.45, 7) is 8.04. The molecule has 8 nitrogen and oxygen atoms in total. The molecular weight excluding hydrogens is 366 g/mol. The minimum absolute atomic E-state index is 0.0172. The zero-order chi connectivity index (χ0) is 20.5. The van der Waals surface area contributed by atoms with Crippen LogP contribution in [0.2, 0.25) is 0 Å². The Balaban J connectivity index is 1.73. The van der Waals surface area contributed by atoms with Gasteiger partial charge in [-0.3, -0.25) is 0 Å². The van der Waals surface area contributed by atoms with Gasteiger partial charge < -0.3 is 20.7 Å². The third-order valence-corrected chi connectivity index (χ3v) is 5.45. The van der Waals surface area contributed by atoms with Crippen LogP contribution in [-0.4, -0.2) is 45.8 Å². The number of hydrogen-bond acceptors (Lipinski definition) is 7. The van der Waals surface area contributed by atoms with Gasteiger partial charge in [0.15, 0.2) is 5.65 Å². The Morgan fingerprint density at radius 2 is 2.07 bits per heavy atom. The Morgan fingerprint density at radius 3 is 2.76 bits per heavy atom. The molecule has 0 spiro atoms. The first-order chi connectivity index (χ1) is 14.0. The number of aromatic nitrogens is 4. The molecule has 2 aromatic heterocycles. The number of nitrogens with two attached hydrogens (primary N) is 1. The number of rotatable bonds is 6. The van der Waals surface area contributed by atoms with E-state index in [2.05, 4.69) is 42.2 Å². The van der Waals surface area contributed by atoms with E-state index in [1.54, 1.807) is 11.6 Å². The summed E-state index contributed by atoms with van der Waals surface area (Å²) in [5.41, 5.74) is 9.17. The van der Waals surface area contributed by atoms with Crippen molar-refractivity contribution in [2.75, 3.05) is 30.4 Å². The SMILES string of the molecule is COc1cccc([C@H](C)Nc2nc(N3CCC(N)C3)nc3c(C(C)C)cnn23)c1. The summed E-state index contributed by atoms with van der Waals surface area (Å²) in [5, 5.41) is 8.08. The number of benzene rings is 1. The van der Waals surface area contributed by atoms with E-state index in [4.69, 9.17) is 20.4 Å². The molecule has 1 saturated heterocycles. The predicted octanol–water partition coefficient (Wildman–Crippen LogP) is 2.97. The smallest absolute Gasteiger partial charge is 0.230 e. The zero-order valence-corrected chi connectivity index (χ0v) is 17.5. The van der Waals surface area contributed by atoms with Crippen LogP contribution >= 0.6 is 0 Å². The van der Waals surface area contributed by atoms with E-state index in [-0.39, 0.29) is 12.1 Å². The van der Waals surface area contributed by atoms with E-state index in [1.165, 1.54) is 0 Å². The predicted molar refractivity (Wildman–Crippen MR) is 115 cm³/mol. The molecule has 1 aliphatic rings. The van der Waals surface area contributed by atoms with Crippen LogP contribution in [0.4, 0.5) is 11.9 Å². The van der Waals surface area contributed by atoms with Crippen LogP contribution < -0.4 is 20.7 Å². The van der Waals surface area contributed by atoms with Crippen LogP contribution in [0.25, 0.3) is 5.65 Å². The summed E-state index contributed by atoms with van der Waals surface area (Å²) in [4.78, 5) is 11.8. The Hall–Kier alpha value is -2.87. The Labute approximate surface area is 171 Å². The molecule has 1 fully saturated rings.